The van der Waals surface area contributed by atoms with E-state index in [1.807, 2.05) is 46.0 Å². The number of carbonyl (C=O) groups excluding carboxylic acids is 1. The van der Waals surface area contributed by atoms with Crippen LogP contribution in [0.15, 0.2) is 41.1 Å². The minimum Gasteiger partial charge on any atom is -0.486 e. The number of carbonyl (C=O) groups is 1. The van der Waals surface area contributed by atoms with E-state index in [1.165, 1.54) is 0 Å². The standard InChI is InChI=1S/C19H19NO3S/c21-19(6-3-14-7-11-24-13-14)20-8-1-2-16(20)15-4-5-17-18(12-15)23-10-9-22-17/h3-7,11-13,16H,1-2,8-10H2/b6-3+/t16-/m0/s1. The van der Waals surface area contributed by atoms with E-state index in [0.717, 1.165) is 42.0 Å². The number of nitrogens with zero attached hydrogens (tertiary/aromatic N) is 1. The molecule has 1 fully saturated rings. The third kappa shape index (κ3) is 3.04. The van der Waals surface area contributed by atoms with Crippen molar-refractivity contribution in [2.24, 2.45) is 0 Å². The van der Waals surface area contributed by atoms with Crippen molar-refractivity contribution in [1.82, 2.24) is 4.90 Å². The van der Waals surface area contributed by atoms with Crippen molar-refractivity contribution in [3.63, 3.8) is 0 Å². The SMILES string of the molecule is O=C(/C=C/c1ccsc1)N1CCC[C@H]1c1ccc2c(c1)OCCO2. The lowest BCUT2D eigenvalue weighted by Crippen LogP contribution is -2.29. The van der Waals surface area contributed by atoms with Gasteiger partial charge in [-0.05, 0) is 59.0 Å². The molecule has 4 rings (SSSR count). The third-order valence-electron chi connectivity index (χ3n) is 4.45. The quantitative estimate of drug-likeness (QED) is 0.795. The zero-order valence-corrected chi connectivity index (χ0v) is 14.1. The highest BCUT2D eigenvalue weighted by atomic mass is 32.1. The summed E-state index contributed by atoms with van der Waals surface area (Å²) < 4.78 is 11.3. The number of rotatable bonds is 3. The van der Waals surface area contributed by atoms with E-state index in [4.69, 9.17) is 9.47 Å². The highest BCUT2D eigenvalue weighted by molar-refractivity contribution is 7.08. The summed E-state index contributed by atoms with van der Waals surface area (Å²) in [5, 5.41) is 4.05. The summed E-state index contributed by atoms with van der Waals surface area (Å²) in [4.78, 5) is 14.6. The fraction of sp³-hybridized carbons (Fsp3) is 0.316. The number of fused-ring (bicyclic) bond motifs is 1. The number of likely N-dealkylation sites (tertiary alicyclic amines) is 1. The zero-order chi connectivity index (χ0) is 16.4. The molecule has 0 unspecified atom stereocenters. The second-order valence-corrected chi connectivity index (χ2v) is 6.76. The van der Waals surface area contributed by atoms with Gasteiger partial charge in [0.1, 0.15) is 13.2 Å². The number of hydrogen-bond donors (Lipinski definition) is 0. The van der Waals surface area contributed by atoms with E-state index in [2.05, 4.69) is 0 Å². The second-order valence-electron chi connectivity index (χ2n) is 5.98. The maximum Gasteiger partial charge on any atom is 0.247 e. The van der Waals surface area contributed by atoms with E-state index >= 15 is 0 Å². The van der Waals surface area contributed by atoms with E-state index in [9.17, 15) is 4.79 Å². The minimum atomic E-state index is 0.0681. The van der Waals surface area contributed by atoms with Gasteiger partial charge in [-0.25, -0.2) is 0 Å². The molecular formula is C19H19NO3S. The first-order chi connectivity index (χ1) is 11.8. The van der Waals surface area contributed by atoms with E-state index in [1.54, 1.807) is 17.4 Å². The number of hydrogen-bond acceptors (Lipinski definition) is 4. The summed E-state index contributed by atoms with van der Waals surface area (Å²) in [5.74, 6) is 1.64. The Morgan fingerprint density at radius 3 is 2.92 bits per heavy atom. The molecule has 24 heavy (non-hydrogen) atoms. The summed E-state index contributed by atoms with van der Waals surface area (Å²) >= 11 is 1.63. The molecule has 1 aromatic heterocycles. The summed E-state index contributed by atoms with van der Waals surface area (Å²) in [7, 11) is 0. The molecule has 124 valence electrons. The molecule has 1 amide bonds. The van der Waals surface area contributed by atoms with Crippen LogP contribution in [0.1, 0.15) is 30.0 Å². The molecule has 5 heteroatoms. The van der Waals surface area contributed by atoms with Crippen LogP contribution in [0, 0.1) is 0 Å². The van der Waals surface area contributed by atoms with Crippen LogP contribution in [-0.4, -0.2) is 30.6 Å². The molecule has 0 saturated carbocycles. The van der Waals surface area contributed by atoms with Gasteiger partial charge >= 0.3 is 0 Å². The second kappa shape index (κ2) is 6.69. The third-order valence-corrected chi connectivity index (χ3v) is 5.15. The average molecular weight is 341 g/mol. The molecule has 0 aliphatic carbocycles. The molecule has 0 radical (unpaired) electrons. The van der Waals surface area contributed by atoms with Gasteiger partial charge in [0.05, 0.1) is 6.04 Å². The topological polar surface area (TPSA) is 38.8 Å². The summed E-state index contributed by atoms with van der Waals surface area (Å²) in [5.41, 5.74) is 2.19. The van der Waals surface area contributed by atoms with E-state index in [-0.39, 0.29) is 11.9 Å². The molecule has 2 aromatic rings. The van der Waals surface area contributed by atoms with Gasteiger partial charge in [0.15, 0.2) is 11.5 Å². The monoisotopic (exact) mass is 341 g/mol. The molecular weight excluding hydrogens is 322 g/mol. The van der Waals surface area contributed by atoms with Gasteiger partial charge in [-0.3, -0.25) is 4.79 Å². The van der Waals surface area contributed by atoms with Gasteiger partial charge in [-0.15, -0.1) is 0 Å². The fourth-order valence-corrected chi connectivity index (χ4v) is 3.91. The highest BCUT2D eigenvalue weighted by Gasteiger charge is 2.29. The van der Waals surface area contributed by atoms with E-state index in [0.29, 0.717) is 13.2 Å². The maximum atomic E-state index is 12.6. The van der Waals surface area contributed by atoms with Crippen molar-refractivity contribution in [2.45, 2.75) is 18.9 Å². The molecule has 0 bridgehead atoms. The number of ether oxygens (including phenoxy) is 2. The first-order valence-corrected chi connectivity index (χ1v) is 9.16. The van der Waals surface area contributed by atoms with Crippen molar-refractivity contribution in [3.05, 3.63) is 52.2 Å². The van der Waals surface area contributed by atoms with Gasteiger partial charge in [-0.1, -0.05) is 6.07 Å². The Labute approximate surface area is 145 Å². The minimum absolute atomic E-state index is 0.0681. The highest BCUT2D eigenvalue weighted by Crippen LogP contribution is 2.38. The molecule has 0 spiro atoms. The van der Waals surface area contributed by atoms with Crippen molar-refractivity contribution >= 4 is 23.3 Å². The molecule has 3 heterocycles. The largest absolute Gasteiger partial charge is 0.486 e. The zero-order valence-electron chi connectivity index (χ0n) is 13.3. The van der Waals surface area contributed by atoms with Crippen LogP contribution in [-0.2, 0) is 4.79 Å². The van der Waals surface area contributed by atoms with Crippen LogP contribution >= 0.6 is 11.3 Å². The van der Waals surface area contributed by atoms with Crippen LogP contribution in [0.5, 0.6) is 11.5 Å². The van der Waals surface area contributed by atoms with Crippen molar-refractivity contribution < 1.29 is 14.3 Å². The lowest BCUT2D eigenvalue weighted by atomic mass is 10.0. The van der Waals surface area contributed by atoms with Crippen molar-refractivity contribution in [2.75, 3.05) is 19.8 Å². The predicted octanol–water partition coefficient (Wildman–Crippen LogP) is 3.90. The van der Waals surface area contributed by atoms with Crippen molar-refractivity contribution in [3.8, 4) is 11.5 Å². The summed E-state index contributed by atoms with van der Waals surface area (Å²) in [6.07, 6.45) is 5.57. The molecule has 1 aromatic carbocycles. The first-order valence-electron chi connectivity index (χ1n) is 8.22. The maximum absolute atomic E-state index is 12.6. The van der Waals surface area contributed by atoms with Crippen LogP contribution in [0.3, 0.4) is 0 Å². The lowest BCUT2D eigenvalue weighted by molar-refractivity contribution is -0.126. The van der Waals surface area contributed by atoms with Crippen molar-refractivity contribution in [1.29, 1.82) is 0 Å². The number of thiophene rings is 1. The molecule has 0 N–H and O–H groups in total. The Morgan fingerprint density at radius 1 is 1.21 bits per heavy atom. The molecule has 4 nitrogen and oxygen atoms in total. The molecule has 2 aliphatic rings. The van der Waals surface area contributed by atoms with E-state index < -0.39 is 0 Å². The molecule has 1 atom stereocenters. The molecule has 1 saturated heterocycles. The number of benzene rings is 1. The van der Waals surface area contributed by atoms with Crippen LogP contribution in [0.4, 0.5) is 0 Å². The Bertz CT molecular complexity index is 754. The smallest absolute Gasteiger partial charge is 0.247 e. The van der Waals surface area contributed by atoms with Crippen LogP contribution < -0.4 is 9.47 Å². The lowest BCUT2D eigenvalue weighted by Gasteiger charge is -2.26. The Hall–Kier alpha value is -2.27. The van der Waals surface area contributed by atoms with Gasteiger partial charge < -0.3 is 14.4 Å². The number of amides is 1. The first kappa shape index (κ1) is 15.3. The Kier molecular flexibility index (Phi) is 4.26. The van der Waals surface area contributed by atoms with Gasteiger partial charge in [0.25, 0.3) is 0 Å². The Balaban J connectivity index is 1.53. The van der Waals surface area contributed by atoms with Gasteiger partial charge in [0, 0.05) is 12.6 Å². The Morgan fingerprint density at radius 2 is 2.08 bits per heavy atom. The predicted molar refractivity (Wildman–Crippen MR) is 94.5 cm³/mol. The molecule has 2 aliphatic heterocycles. The van der Waals surface area contributed by atoms with Crippen LogP contribution in [0.25, 0.3) is 6.08 Å². The fourth-order valence-electron chi connectivity index (χ4n) is 3.28. The van der Waals surface area contributed by atoms with Gasteiger partial charge in [-0.2, -0.15) is 11.3 Å². The normalized spacial score (nSPS) is 19.8. The average Bonchev–Trinajstić information content (AvgIpc) is 3.31. The summed E-state index contributed by atoms with van der Waals surface area (Å²) in [6, 6.07) is 8.14. The summed E-state index contributed by atoms with van der Waals surface area (Å²) in [6.45, 7) is 1.97. The van der Waals surface area contributed by atoms with Crippen LogP contribution in [0.2, 0.25) is 0 Å². The van der Waals surface area contributed by atoms with Gasteiger partial charge in [0.2, 0.25) is 5.91 Å².